The molecule has 5 nitrogen and oxygen atoms in total. The van der Waals surface area contributed by atoms with Crippen LogP contribution in [0.2, 0.25) is 5.02 Å². The molecule has 1 aliphatic rings. The Morgan fingerprint density at radius 1 is 1.50 bits per heavy atom. The first kappa shape index (κ1) is 15.9. The summed E-state index contributed by atoms with van der Waals surface area (Å²) in [7, 11) is 0. The van der Waals surface area contributed by atoms with Crippen LogP contribution in [0.15, 0.2) is 22.9 Å². The standard InChI is InChI=1S/C15H17BrClN3O2/c1-10-9-21-6-4-20(10)5-7-22-15-13(16)14-11(8-19-15)12(17)2-3-18-14/h2-3,8,10H,4-7,9H2,1H3. The minimum absolute atomic E-state index is 0.422. The predicted molar refractivity (Wildman–Crippen MR) is 89.6 cm³/mol. The number of pyridine rings is 2. The summed E-state index contributed by atoms with van der Waals surface area (Å²) in [5.74, 6) is 0.545. The molecule has 3 heterocycles. The second-order valence-corrected chi connectivity index (χ2v) is 6.44. The molecule has 1 fully saturated rings. The lowest BCUT2D eigenvalue weighted by Crippen LogP contribution is -2.45. The molecule has 0 bridgehead atoms. The van der Waals surface area contributed by atoms with Crippen molar-refractivity contribution in [2.24, 2.45) is 0 Å². The molecule has 118 valence electrons. The summed E-state index contributed by atoms with van der Waals surface area (Å²) >= 11 is 9.65. The number of rotatable bonds is 4. The van der Waals surface area contributed by atoms with Crippen molar-refractivity contribution in [3.8, 4) is 5.88 Å². The van der Waals surface area contributed by atoms with Crippen LogP contribution in [-0.2, 0) is 4.74 Å². The highest BCUT2D eigenvalue weighted by atomic mass is 79.9. The van der Waals surface area contributed by atoms with Gasteiger partial charge in [0, 0.05) is 36.9 Å². The van der Waals surface area contributed by atoms with Crippen LogP contribution >= 0.6 is 27.5 Å². The molecule has 1 unspecified atom stereocenters. The Hall–Kier alpha value is -0.950. The van der Waals surface area contributed by atoms with E-state index in [9.17, 15) is 0 Å². The summed E-state index contributed by atoms with van der Waals surface area (Å²) < 4.78 is 12.0. The van der Waals surface area contributed by atoms with Crippen LogP contribution in [0.25, 0.3) is 10.9 Å². The van der Waals surface area contributed by atoms with Gasteiger partial charge in [0.15, 0.2) is 0 Å². The molecule has 2 aromatic heterocycles. The summed E-state index contributed by atoms with van der Waals surface area (Å²) in [5.41, 5.74) is 0.761. The van der Waals surface area contributed by atoms with Gasteiger partial charge >= 0.3 is 0 Å². The molecule has 1 saturated heterocycles. The number of nitrogens with zero attached hydrogens (tertiary/aromatic N) is 3. The van der Waals surface area contributed by atoms with Crippen molar-refractivity contribution in [3.63, 3.8) is 0 Å². The van der Waals surface area contributed by atoms with Crippen LogP contribution in [0.4, 0.5) is 0 Å². The van der Waals surface area contributed by atoms with Crippen LogP contribution < -0.4 is 4.74 Å². The highest BCUT2D eigenvalue weighted by Gasteiger charge is 2.18. The molecule has 1 atom stereocenters. The number of fused-ring (bicyclic) bond motifs is 1. The highest BCUT2D eigenvalue weighted by molar-refractivity contribution is 9.10. The number of hydrogen-bond acceptors (Lipinski definition) is 5. The van der Waals surface area contributed by atoms with Crippen LogP contribution in [0.1, 0.15) is 6.92 Å². The average Bonchev–Trinajstić information content (AvgIpc) is 2.52. The van der Waals surface area contributed by atoms with Crippen molar-refractivity contribution in [2.45, 2.75) is 13.0 Å². The zero-order valence-corrected chi connectivity index (χ0v) is 14.6. The van der Waals surface area contributed by atoms with Gasteiger partial charge in [-0.05, 0) is 28.9 Å². The minimum Gasteiger partial charge on any atom is -0.475 e. The quantitative estimate of drug-likeness (QED) is 0.808. The third kappa shape index (κ3) is 3.35. The van der Waals surface area contributed by atoms with E-state index >= 15 is 0 Å². The zero-order valence-electron chi connectivity index (χ0n) is 12.3. The molecule has 0 spiro atoms. The maximum Gasteiger partial charge on any atom is 0.230 e. The van der Waals surface area contributed by atoms with Crippen molar-refractivity contribution in [1.82, 2.24) is 14.9 Å². The summed E-state index contributed by atoms with van der Waals surface area (Å²) in [6, 6.07) is 2.17. The van der Waals surface area contributed by atoms with Crippen LogP contribution in [0, 0.1) is 0 Å². The third-order valence-corrected chi connectivity index (χ3v) is 4.81. The molecule has 0 saturated carbocycles. The SMILES string of the molecule is CC1COCCN1CCOc1ncc2c(Cl)ccnc2c1Br. The molecule has 0 aliphatic carbocycles. The highest BCUT2D eigenvalue weighted by Crippen LogP contribution is 2.32. The molecule has 3 rings (SSSR count). The van der Waals surface area contributed by atoms with Gasteiger partial charge in [-0.15, -0.1) is 0 Å². The third-order valence-electron chi connectivity index (χ3n) is 3.77. The fourth-order valence-corrected chi connectivity index (χ4v) is 3.21. The van der Waals surface area contributed by atoms with E-state index in [0.29, 0.717) is 23.6 Å². The lowest BCUT2D eigenvalue weighted by molar-refractivity contribution is -0.00537. The Morgan fingerprint density at radius 2 is 2.36 bits per heavy atom. The van der Waals surface area contributed by atoms with Crippen molar-refractivity contribution < 1.29 is 9.47 Å². The molecule has 7 heteroatoms. The molecule has 0 amide bonds. The van der Waals surface area contributed by atoms with Gasteiger partial charge in [0.1, 0.15) is 11.1 Å². The Bertz CT molecular complexity index is 671. The van der Waals surface area contributed by atoms with Gasteiger partial charge in [-0.2, -0.15) is 0 Å². The normalized spacial score (nSPS) is 19.5. The molecular weight excluding hydrogens is 370 g/mol. The van der Waals surface area contributed by atoms with Crippen LogP contribution in [0.5, 0.6) is 5.88 Å². The fourth-order valence-electron chi connectivity index (χ4n) is 2.48. The Morgan fingerprint density at radius 3 is 3.18 bits per heavy atom. The average molecular weight is 387 g/mol. The van der Waals surface area contributed by atoms with E-state index in [0.717, 1.165) is 41.7 Å². The molecule has 22 heavy (non-hydrogen) atoms. The summed E-state index contributed by atoms with van der Waals surface area (Å²) in [6.07, 6.45) is 3.37. The largest absolute Gasteiger partial charge is 0.475 e. The number of halogens is 2. The predicted octanol–water partition coefficient (Wildman–Crippen LogP) is 3.15. The van der Waals surface area contributed by atoms with Crippen molar-refractivity contribution in [1.29, 1.82) is 0 Å². The summed E-state index contributed by atoms with van der Waals surface area (Å²) in [4.78, 5) is 11.0. The zero-order chi connectivity index (χ0) is 15.5. The van der Waals surface area contributed by atoms with Gasteiger partial charge in [0.05, 0.1) is 23.8 Å². The smallest absolute Gasteiger partial charge is 0.230 e. The van der Waals surface area contributed by atoms with Crippen molar-refractivity contribution in [2.75, 3.05) is 32.9 Å². The number of aromatic nitrogens is 2. The monoisotopic (exact) mass is 385 g/mol. The summed E-state index contributed by atoms with van der Waals surface area (Å²) in [6.45, 7) is 6.08. The molecule has 0 aromatic carbocycles. The topological polar surface area (TPSA) is 47.5 Å². The minimum atomic E-state index is 0.422. The fraction of sp³-hybridized carbons (Fsp3) is 0.467. The van der Waals surface area contributed by atoms with Gasteiger partial charge < -0.3 is 9.47 Å². The second kappa shape index (κ2) is 7.08. The molecule has 0 N–H and O–H groups in total. The molecule has 2 aromatic rings. The van der Waals surface area contributed by atoms with E-state index < -0.39 is 0 Å². The maximum absolute atomic E-state index is 6.14. The van der Waals surface area contributed by atoms with E-state index in [1.807, 2.05) is 0 Å². The lowest BCUT2D eigenvalue weighted by Gasteiger charge is -2.32. The first-order valence-corrected chi connectivity index (χ1v) is 8.37. The Labute approximate surface area is 142 Å². The maximum atomic E-state index is 6.14. The van der Waals surface area contributed by atoms with E-state index in [2.05, 4.69) is 37.7 Å². The lowest BCUT2D eigenvalue weighted by atomic mass is 10.2. The van der Waals surface area contributed by atoms with E-state index in [1.54, 1.807) is 18.5 Å². The Kier molecular flexibility index (Phi) is 5.13. The van der Waals surface area contributed by atoms with Gasteiger partial charge in [0.25, 0.3) is 0 Å². The van der Waals surface area contributed by atoms with Crippen molar-refractivity contribution in [3.05, 3.63) is 28.0 Å². The van der Waals surface area contributed by atoms with Crippen LogP contribution in [-0.4, -0.2) is 53.8 Å². The summed E-state index contributed by atoms with van der Waals surface area (Å²) in [5, 5.41) is 1.44. The van der Waals surface area contributed by atoms with Crippen LogP contribution in [0.3, 0.4) is 0 Å². The Balaban J connectivity index is 1.68. The van der Waals surface area contributed by atoms with Gasteiger partial charge in [-0.25, -0.2) is 4.98 Å². The van der Waals surface area contributed by atoms with E-state index in [-0.39, 0.29) is 0 Å². The second-order valence-electron chi connectivity index (χ2n) is 5.24. The van der Waals surface area contributed by atoms with Gasteiger partial charge in [0.2, 0.25) is 5.88 Å². The molecule has 1 aliphatic heterocycles. The molecular formula is C15H17BrClN3O2. The van der Waals surface area contributed by atoms with E-state index in [1.165, 1.54) is 0 Å². The first-order valence-electron chi connectivity index (χ1n) is 7.20. The number of hydrogen-bond donors (Lipinski definition) is 0. The first-order chi connectivity index (χ1) is 10.7. The molecule has 0 radical (unpaired) electrons. The number of morpholine rings is 1. The van der Waals surface area contributed by atoms with E-state index in [4.69, 9.17) is 21.1 Å². The van der Waals surface area contributed by atoms with Crippen molar-refractivity contribution >= 4 is 38.4 Å². The van der Waals surface area contributed by atoms with Gasteiger partial charge in [-0.3, -0.25) is 9.88 Å². The number of ether oxygens (including phenoxy) is 2. The van der Waals surface area contributed by atoms with Gasteiger partial charge in [-0.1, -0.05) is 11.6 Å².